The molecule has 0 aromatic rings. The molecule has 0 radical (unpaired) electrons. The van der Waals surface area contributed by atoms with Crippen LogP contribution in [0, 0.1) is 35.5 Å². The molecule has 1 heteroatoms. The quantitative estimate of drug-likeness (QED) is 0.309. The zero-order valence-corrected chi connectivity index (χ0v) is 10.3. The summed E-state index contributed by atoms with van der Waals surface area (Å²) in [5.41, 5.74) is 1.19. The van der Waals surface area contributed by atoms with Crippen LogP contribution in [0.5, 0.6) is 0 Å². The molecule has 4 rings (SSSR count). The van der Waals surface area contributed by atoms with Gasteiger partial charge in [0.15, 0.2) is 0 Å². The molecule has 0 aromatic carbocycles. The van der Waals surface area contributed by atoms with Gasteiger partial charge in [-0.25, -0.2) is 0 Å². The Morgan fingerprint density at radius 3 is 2.54 bits per heavy atom. The first kappa shape index (κ1) is 7.28. The van der Waals surface area contributed by atoms with Crippen LogP contribution in [0.1, 0.15) is 19.3 Å². The fraction of sp³-hybridized carbons (Fsp3) is 0.833. The summed E-state index contributed by atoms with van der Waals surface area (Å²) in [4.78, 5) is 0. The first-order valence-corrected chi connectivity index (χ1v) is 7.18. The molecule has 70 valence electrons. The minimum absolute atomic E-state index is 1.03. The standard InChI is InChI=1S/C12H18Si/c13-10-5-8-4-9(10)12-7-2-1-6(3-7)11(8)12/h1-2,6-12H,3-5H2,13H3. The highest BCUT2D eigenvalue weighted by Gasteiger charge is 2.59. The molecule has 0 aliphatic heterocycles. The molecule has 4 bridgehead atoms. The van der Waals surface area contributed by atoms with E-state index in [2.05, 4.69) is 12.2 Å². The van der Waals surface area contributed by atoms with Gasteiger partial charge in [-0.05, 0) is 48.3 Å². The van der Waals surface area contributed by atoms with E-state index in [9.17, 15) is 0 Å². The molecule has 0 aromatic heterocycles. The van der Waals surface area contributed by atoms with E-state index in [4.69, 9.17) is 0 Å². The van der Waals surface area contributed by atoms with Crippen molar-refractivity contribution in [2.24, 2.45) is 35.5 Å². The number of fused-ring (bicyclic) bond motifs is 9. The first-order valence-electron chi connectivity index (χ1n) is 6.03. The summed E-state index contributed by atoms with van der Waals surface area (Å²) in [5, 5.41) is 0. The summed E-state index contributed by atoms with van der Waals surface area (Å²) in [6, 6.07) is 0. The lowest BCUT2D eigenvalue weighted by Gasteiger charge is -2.35. The molecule has 0 nitrogen and oxygen atoms in total. The monoisotopic (exact) mass is 190 g/mol. The van der Waals surface area contributed by atoms with Gasteiger partial charge >= 0.3 is 0 Å². The lowest BCUT2D eigenvalue weighted by Crippen LogP contribution is -2.28. The van der Waals surface area contributed by atoms with E-state index in [0.29, 0.717) is 0 Å². The van der Waals surface area contributed by atoms with E-state index in [1.54, 1.807) is 12.8 Å². The Labute approximate surface area is 83.2 Å². The molecule has 7 atom stereocenters. The van der Waals surface area contributed by atoms with Crippen LogP contribution in [0.3, 0.4) is 0 Å². The van der Waals surface area contributed by atoms with E-state index in [-0.39, 0.29) is 0 Å². The van der Waals surface area contributed by atoms with Crippen LogP contribution in [0.4, 0.5) is 0 Å². The molecule has 4 aliphatic rings. The lowest BCUT2D eigenvalue weighted by molar-refractivity contribution is 0.207. The van der Waals surface area contributed by atoms with Crippen molar-refractivity contribution in [3.63, 3.8) is 0 Å². The van der Waals surface area contributed by atoms with Gasteiger partial charge in [-0.3, -0.25) is 0 Å². The van der Waals surface area contributed by atoms with Crippen LogP contribution >= 0.6 is 0 Å². The summed E-state index contributed by atoms with van der Waals surface area (Å²) in [6.07, 6.45) is 9.89. The van der Waals surface area contributed by atoms with Crippen LogP contribution in [-0.2, 0) is 0 Å². The Kier molecular flexibility index (Phi) is 1.19. The first-order chi connectivity index (χ1) is 6.34. The number of allylic oxidation sites excluding steroid dienone is 2. The van der Waals surface area contributed by atoms with Crippen LogP contribution < -0.4 is 0 Å². The summed E-state index contributed by atoms with van der Waals surface area (Å²) in [6.45, 7) is 0. The minimum Gasteiger partial charge on any atom is -0.0848 e. The third kappa shape index (κ3) is 0.707. The normalized spacial score (nSPS) is 66.6. The van der Waals surface area contributed by atoms with Crippen molar-refractivity contribution >= 4 is 10.2 Å². The van der Waals surface area contributed by atoms with E-state index >= 15 is 0 Å². The number of hydrogen-bond acceptors (Lipinski definition) is 0. The Hall–Kier alpha value is -0.0431. The van der Waals surface area contributed by atoms with Gasteiger partial charge < -0.3 is 0 Å². The SMILES string of the molecule is [SiH3]C1CC2CC1C1C3C=CC(C3)C21. The van der Waals surface area contributed by atoms with Crippen molar-refractivity contribution in [2.75, 3.05) is 0 Å². The van der Waals surface area contributed by atoms with Crippen molar-refractivity contribution in [3.05, 3.63) is 12.2 Å². The summed E-state index contributed by atoms with van der Waals surface area (Å²) in [5.74, 6) is 6.72. The second-order valence-electron chi connectivity index (χ2n) is 5.98. The molecular weight excluding hydrogens is 172 g/mol. The summed E-state index contributed by atoms with van der Waals surface area (Å²) in [7, 11) is 1.47. The number of hydrogen-bond donors (Lipinski definition) is 0. The smallest absolute Gasteiger partial charge is 0.00710 e. The third-order valence-electron chi connectivity index (χ3n) is 5.60. The van der Waals surface area contributed by atoms with E-state index in [1.807, 2.05) is 0 Å². The van der Waals surface area contributed by atoms with Gasteiger partial charge in [0.25, 0.3) is 0 Å². The van der Waals surface area contributed by atoms with E-state index < -0.39 is 0 Å². The molecule has 0 spiro atoms. The Bertz CT molecular complexity index is 283. The second kappa shape index (κ2) is 2.13. The molecule has 0 amide bonds. The molecule has 13 heavy (non-hydrogen) atoms. The highest BCUT2D eigenvalue weighted by atomic mass is 28.1. The van der Waals surface area contributed by atoms with Crippen molar-refractivity contribution < 1.29 is 0 Å². The van der Waals surface area contributed by atoms with Crippen LogP contribution in [-0.4, -0.2) is 10.2 Å². The summed E-state index contributed by atoms with van der Waals surface area (Å²) < 4.78 is 0. The average molecular weight is 190 g/mol. The van der Waals surface area contributed by atoms with Crippen molar-refractivity contribution in [2.45, 2.75) is 24.8 Å². The lowest BCUT2D eigenvalue weighted by atomic mass is 9.73. The summed E-state index contributed by atoms with van der Waals surface area (Å²) >= 11 is 0. The van der Waals surface area contributed by atoms with Gasteiger partial charge in [0.05, 0.1) is 0 Å². The maximum absolute atomic E-state index is 2.56. The minimum atomic E-state index is 1.03. The van der Waals surface area contributed by atoms with Crippen molar-refractivity contribution in [3.8, 4) is 0 Å². The molecule has 7 unspecified atom stereocenters. The van der Waals surface area contributed by atoms with Crippen LogP contribution in [0.25, 0.3) is 0 Å². The highest BCUT2D eigenvalue weighted by Crippen LogP contribution is 2.67. The molecule has 0 heterocycles. The second-order valence-corrected chi connectivity index (χ2v) is 7.46. The average Bonchev–Trinajstić information content (AvgIpc) is 2.78. The molecule has 4 aliphatic carbocycles. The van der Waals surface area contributed by atoms with Gasteiger partial charge in [0.1, 0.15) is 0 Å². The molecule has 0 N–H and O–H groups in total. The van der Waals surface area contributed by atoms with Crippen LogP contribution in [0.2, 0.25) is 5.54 Å². The Morgan fingerprint density at radius 2 is 1.69 bits per heavy atom. The highest BCUT2D eigenvalue weighted by molar-refractivity contribution is 6.12. The van der Waals surface area contributed by atoms with Gasteiger partial charge in [0.2, 0.25) is 0 Å². The maximum atomic E-state index is 2.56. The van der Waals surface area contributed by atoms with Gasteiger partial charge in [-0.2, -0.15) is 0 Å². The predicted molar refractivity (Wildman–Crippen MR) is 57.6 cm³/mol. The fourth-order valence-electron chi connectivity index (χ4n) is 5.35. The predicted octanol–water partition coefficient (Wildman–Crippen LogP) is 1.62. The van der Waals surface area contributed by atoms with Crippen LogP contribution in [0.15, 0.2) is 12.2 Å². The largest absolute Gasteiger partial charge is 0.0848 e. The third-order valence-corrected chi connectivity index (χ3v) is 6.93. The molecule has 3 fully saturated rings. The zero-order valence-electron chi connectivity index (χ0n) is 8.32. The zero-order chi connectivity index (χ0) is 8.58. The molecular formula is C12H18Si. The Balaban J connectivity index is 1.79. The van der Waals surface area contributed by atoms with Gasteiger partial charge in [-0.1, -0.05) is 24.1 Å². The molecule has 3 saturated carbocycles. The van der Waals surface area contributed by atoms with Gasteiger partial charge in [0, 0.05) is 10.2 Å². The molecule has 0 saturated heterocycles. The topological polar surface area (TPSA) is 0 Å². The Morgan fingerprint density at radius 1 is 0.923 bits per heavy atom. The maximum Gasteiger partial charge on any atom is 0.00710 e. The fourth-order valence-corrected chi connectivity index (χ4v) is 6.67. The van der Waals surface area contributed by atoms with E-state index in [0.717, 1.165) is 29.6 Å². The van der Waals surface area contributed by atoms with Crippen molar-refractivity contribution in [1.29, 1.82) is 0 Å². The number of rotatable bonds is 0. The van der Waals surface area contributed by atoms with Crippen molar-refractivity contribution in [1.82, 2.24) is 0 Å². The van der Waals surface area contributed by atoms with E-state index in [1.165, 1.54) is 28.1 Å². The van der Waals surface area contributed by atoms with Gasteiger partial charge in [-0.15, -0.1) is 0 Å².